The van der Waals surface area contributed by atoms with Gasteiger partial charge in [0.2, 0.25) is 5.91 Å². The van der Waals surface area contributed by atoms with Crippen LogP contribution in [0.3, 0.4) is 0 Å². The summed E-state index contributed by atoms with van der Waals surface area (Å²) in [5.74, 6) is 1.00. The number of carbonyl (C=O) groups excluding carboxylic acids is 1. The van der Waals surface area contributed by atoms with Gasteiger partial charge in [0.05, 0.1) is 11.9 Å². The van der Waals surface area contributed by atoms with Crippen LogP contribution in [0.2, 0.25) is 0 Å². The third-order valence-corrected chi connectivity index (χ3v) is 6.50. The summed E-state index contributed by atoms with van der Waals surface area (Å²) < 4.78 is 40.6. The van der Waals surface area contributed by atoms with E-state index in [1.165, 1.54) is 6.07 Å². The number of piperidine rings is 1. The molecule has 0 saturated carbocycles. The summed E-state index contributed by atoms with van der Waals surface area (Å²) in [5, 5.41) is 14.6. The summed E-state index contributed by atoms with van der Waals surface area (Å²) in [7, 11) is 0. The monoisotopic (exact) mass is 521 g/mol. The van der Waals surface area contributed by atoms with Gasteiger partial charge in [0.25, 0.3) is 0 Å². The van der Waals surface area contributed by atoms with Crippen LogP contribution in [0.25, 0.3) is 5.69 Å². The van der Waals surface area contributed by atoms with Crippen LogP contribution in [0.5, 0.6) is 0 Å². The predicted molar refractivity (Wildman–Crippen MR) is 137 cm³/mol. The molecule has 1 aliphatic rings. The van der Waals surface area contributed by atoms with Crippen molar-refractivity contribution in [2.45, 2.75) is 25.6 Å². The van der Waals surface area contributed by atoms with E-state index < -0.39 is 11.7 Å². The molecule has 1 aliphatic heterocycles. The summed E-state index contributed by atoms with van der Waals surface area (Å²) in [4.78, 5) is 18.7. The van der Waals surface area contributed by atoms with Gasteiger partial charge in [0, 0.05) is 49.3 Å². The number of hydrogen-bond acceptors (Lipinski definition) is 6. The van der Waals surface area contributed by atoms with Crippen LogP contribution in [0, 0.1) is 5.92 Å². The Balaban J connectivity index is 1.10. The highest BCUT2D eigenvalue weighted by Gasteiger charge is 2.30. The molecule has 11 heteroatoms. The average Bonchev–Trinajstić information content (AvgIpc) is 3.48. The maximum Gasteiger partial charge on any atom is 0.416 e. The number of rotatable bonds is 7. The van der Waals surface area contributed by atoms with E-state index in [1.807, 2.05) is 47.2 Å². The summed E-state index contributed by atoms with van der Waals surface area (Å²) >= 11 is 0. The minimum absolute atomic E-state index is 0.0647. The van der Waals surface area contributed by atoms with Crippen LogP contribution in [-0.4, -0.2) is 38.7 Å². The zero-order valence-electron chi connectivity index (χ0n) is 20.4. The molecule has 0 aliphatic carbocycles. The normalized spacial score (nSPS) is 14.3. The molecule has 0 unspecified atom stereocenters. The third-order valence-electron chi connectivity index (χ3n) is 6.50. The fraction of sp³-hybridized carbons (Fsp3) is 0.259. The number of nitrogens with one attached hydrogen (secondary N) is 2. The molecule has 3 heterocycles. The highest BCUT2D eigenvalue weighted by atomic mass is 19.4. The number of amides is 1. The summed E-state index contributed by atoms with van der Waals surface area (Å²) in [6.07, 6.45) is 2.19. The minimum atomic E-state index is -4.41. The third kappa shape index (κ3) is 6.10. The van der Waals surface area contributed by atoms with Crippen LogP contribution in [0.15, 0.2) is 79.4 Å². The fourth-order valence-electron chi connectivity index (χ4n) is 4.40. The van der Waals surface area contributed by atoms with E-state index in [0.29, 0.717) is 37.3 Å². The number of halogens is 3. The molecule has 38 heavy (non-hydrogen) atoms. The van der Waals surface area contributed by atoms with Gasteiger partial charge in [-0.3, -0.25) is 4.79 Å². The number of aromatic nitrogens is 4. The van der Waals surface area contributed by atoms with Gasteiger partial charge in [-0.25, -0.2) is 4.98 Å². The summed E-state index contributed by atoms with van der Waals surface area (Å²) in [6, 6.07) is 16.6. The molecular formula is C27H26F3N7O. The molecule has 5 rings (SSSR count). The summed E-state index contributed by atoms with van der Waals surface area (Å²) in [5.41, 5.74) is 1.59. The molecule has 4 aromatic rings. The van der Waals surface area contributed by atoms with Crippen molar-refractivity contribution in [3.63, 3.8) is 0 Å². The van der Waals surface area contributed by atoms with Crippen LogP contribution in [0.1, 0.15) is 24.0 Å². The number of carbonyl (C=O) groups is 1. The van der Waals surface area contributed by atoms with Gasteiger partial charge < -0.3 is 20.1 Å². The van der Waals surface area contributed by atoms with E-state index in [2.05, 4.69) is 30.7 Å². The molecule has 196 valence electrons. The maximum absolute atomic E-state index is 12.9. The molecular weight excluding hydrogens is 495 g/mol. The van der Waals surface area contributed by atoms with Gasteiger partial charge in [-0.1, -0.05) is 12.1 Å². The van der Waals surface area contributed by atoms with Gasteiger partial charge in [0.1, 0.15) is 0 Å². The Labute approximate surface area is 217 Å². The predicted octanol–water partition coefficient (Wildman–Crippen LogP) is 4.96. The molecule has 2 aromatic carbocycles. The first-order valence-electron chi connectivity index (χ1n) is 12.2. The Hall–Kier alpha value is -4.41. The standard InChI is InChI=1S/C27H26F3N7O/c28-27(29,30)21-3-1-2-19(16-21)17-32-26(38)20-10-13-36(14-11-20)25-9-8-24(34-35-25)33-22-4-6-23(7-5-22)37-15-12-31-18-37/h1-9,12,15-16,18,20H,10-11,13-14,17H2,(H,32,38)(H,33,34). The van der Waals surface area contributed by atoms with Crippen molar-refractivity contribution in [2.75, 3.05) is 23.3 Å². The van der Waals surface area contributed by atoms with Crippen LogP contribution in [0.4, 0.5) is 30.5 Å². The number of imidazole rings is 1. The van der Waals surface area contributed by atoms with Crippen molar-refractivity contribution in [1.29, 1.82) is 0 Å². The highest BCUT2D eigenvalue weighted by Crippen LogP contribution is 2.29. The molecule has 2 N–H and O–H groups in total. The molecule has 1 saturated heterocycles. The van der Waals surface area contributed by atoms with Crippen molar-refractivity contribution in [3.8, 4) is 5.69 Å². The lowest BCUT2D eigenvalue weighted by Gasteiger charge is -2.31. The molecule has 2 aromatic heterocycles. The minimum Gasteiger partial charge on any atom is -0.355 e. The van der Waals surface area contributed by atoms with E-state index in [4.69, 9.17) is 0 Å². The number of anilines is 3. The lowest BCUT2D eigenvalue weighted by atomic mass is 9.96. The van der Waals surface area contributed by atoms with Gasteiger partial charge in [-0.2, -0.15) is 13.2 Å². The number of alkyl halides is 3. The van der Waals surface area contributed by atoms with Crippen molar-refractivity contribution < 1.29 is 18.0 Å². The van der Waals surface area contributed by atoms with Gasteiger partial charge >= 0.3 is 6.18 Å². The summed E-state index contributed by atoms with van der Waals surface area (Å²) in [6.45, 7) is 1.34. The van der Waals surface area contributed by atoms with Gasteiger partial charge in [-0.15, -0.1) is 10.2 Å². The Morgan fingerprint density at radius 3 is 2.45 bits per heavy atom. The molecule has 8 nitrogen and oxygen atoms in total. The van der Waals surface area contributed by atoms with Crippen molar-refractivity contribution in [1.82, 2.24) is 25.1 Å². The smallest absolute Gasteiger partial charge is 0.355 e. The molecule has 0 radical (unpaired) electrons. The Morgan fingerprint density at radius 1 is 1.00 bits per heavy atom. The quantitative estimate of drug-likeness (QED) is 0.358. The number of hydrogen-bond donors (Lipinski definition) is 2. The Kier molecular flexibility index (Phi) is 7.25. The second-order valence-electron chi connectivity index (χ2n) is 9.10. The van der Waals surface area contributed by atoms with Crippen molar-refractivity contribution in [3.05, 3.63) is 90.5 Å². The second kappa shape index (κ2) is 10.9. The first-order chi connectivity index (χ1) is 18.3. The number of nitrogens with zero attached hydrogens (tertiary/aromatic N) is 5. The molecule has 1 fully saturated rings. The highest BCUT2D eigenvalue weighted by molar-refractivity contribution is 5.79. The second-order valence-corrected chi connectivity index (χ2v) is 9.10. The van der Waals surface area contributed by atoms with Crippen LogP contribution >= 0.6 is 0 Å². The van der Waals surface area contributed by atoms with Crippen LogP contribution in [-0.2, 0) is 17.5 Å². The van der Waals surface area contributed by atoms with E-state index in [-0.39, 0.29) is 18.4 Å². The first-order valence-corrected chi connectivity index (χ1v) is 12.2. The van der Waals surface area contributed by atoms with E-state index >= 15 is 0 Å². The molecule has 0 bridgehead atoms. The number of benzene rings is 2. The van der Waals surface area contributed by atoms with Gasteiger partial charge in [0.15, 0.2) is 11.6 Å². The molecule has 0 spiro atoms. The van der Waals surface area contributed by atoms with Gasteiger partial charge in [-0.05, 0) is 66.9 Å². The SMILES string of the molecule is O=C(NCc1cccc(C(F)(F)F)c1)C1CCN(c2ccc(Nc3ccc(-n4ccnc4)cc3)nn2)CC1. The van der Waals surface area contributed by atoms with E-state index in [1.54, 1.807) is 18.6 Å². The Bertz CT molecular complexity index is 1350. The lowest BCUT2D eigenvalue weighted by Crippen LogP contribution is -2.40. The fourth-order valence-corrected chi connectivity index (χ4v) is 4.40. The van der Waals surface area contributed by atoms with Crippen molar-refractivity contribution in [2.24, 2.45) is 5.92 Å². The first kappa shape index (κ1) is 25.2. The zero-order valence-corrected chi connectivity index (χ0v) is 20.4. The molecule has 0 atom stereocenters. The maximum atomic E-state index is 12.9. The Morgan fingerprint density at radius 2 is 1.79 bits per heavy atom. The lowest BCUT2D eigenvalue weighted by molar-refractivity contribution is -0.137. The average molecular weight is 522 g/mol. The molecule has 1 amide bonds. The van der Waals surface area contributed by atoms with Crippen LogP contribution < -0.4 is 15.5 Å². The van der Waals surface area contributed by atoms with E-state index in [0.717, 1.165) is 29.3 Å². The van der Waals surface area contributed by atoms with Crippen molar-refractivity contribution >= 4 is 23.2 Å². The zero-order chi connectivity index (χ0) is 26.5. The topological polar surface area (TPSA) is 88.0 Å². The largest absolute Gasteiger partial charge is 0.416 e. The van der Waals surface area contributed by atoms with E-state index in [9.17, 15) is 18.0 Å².